The van der Waals surface area contributed by atoms with Gasteiger partial charge in [-0.05, 0) is 66.5 Å². The molecule has 0 fully saturated rings. The molecule has 1 N–H and O–H groups in total. The van der Waals surface area contributed by atoms with Gasteiger partial charge in [-0.3, -0.25) is 4.72 Å². The molecular weight excluding hydrogens is 461 g/mol. The maximum Gasteiger partial charge on any atom is 0.416 e. The van der Waals surface area contributed by atoms with Crippen molar-refractivity contribution in [2.75, 3.05) is 22.7 Å². The van der Waals surface area contributed by atoms with Crippen LogP contribution < -0.4 is 9.62 Å². The summed E-state index contributed by atoms with van der Waals surface area (Å²) in [5.41, 5.74) is 1.69. The first-order chi connectivity index (χ1) is 15.6. The summed E-state index contributed by atoms with van der Waals surface area (Å²) in [4.78, 5) is 1.91. The van der Waals surface area contributed by atoms with Crippen molar-refractivity contribution in [3.05, 3.63) is 52.6 Å². The number of nitrogens with zero attached hydrogens (tertiary/aromatic N) is 1. The summed E-state index contributed by atoms with van der Waals surface area (Å²) in [6.07, 6.45) is -4.60. The minimum absolute atomic E-state index is 0.0875. The van der Waals surface area contributed by atoms with Gasteiger partial charge in [-0.25, -0.2) is 8.42 Å². The molecule has 0 aromatic heterocycles. The second-order valence-corrected chi connectivity index (χ2v) is 11.2. The van der Waals surface area contributed by atoms with Gasteiger partial charge in [0, 0.05) is 18.8 Å². The minimum Gasteiger partial charge on any atom is -0.372 e. The summed E-state index contributed by atoms with van der Waals surface area (Å²) >= 11 is 0. The van der Waals surface area contributed by atoms with Gasteiger partial charge in [0.25, 0.3) is 10.0 Å². The number of benzene rings is 2. The van der Waals surface area contributed by atoms with E-state index in [2.05, 4.69) is 4.72 Å². The lowest BCUT2D eigenvalue weighted by Gasteiger charge is -2.25. The first-order valence-electron chi connectivity index (χ1n) is 11.8. The average Bonchev–Trinajstić information content (AvgIpc) is 2.72. The van der Waals surface area contributed by atoms with Crippen LogP contribution in [0.4, 0.5) is 24.5 Å². The molecule has 4 nitrogen and oxygen atoms in total. The van der Waals surface area contributed by atoms with Crippen molar-refractivity contribution < 1.29 is 21.6 Å². The molecular formula is C26H37F3N2O2S. The van der Waals surface area contributed by atoms with Crippen LogP contribution >= 0.6 is 0 Å². The first kappa shape index (κ1) is 28.0. The topological polar surface area (TPSA) is 49.4 Å². The highest BCUT2D eigenvalue weighted by molar-refractivity contribution is 7.92. The van der Waals surface area contributed by atoms with Crippen LogP contribution in [0.2, 0.25) is 0 Å². The van der Waals surface area contributed by atoms with E-state index in [9.17, 15) is 21.6 Å². The molecule has 0 aliphatic carbocycles. The van der Waals surface area contributed by atoms with Crippen LogP contribution in [0.3, 0.4) is 0 Å². The predicted octanol–water partition coefficient (Wildman–Crippen LogP) is 7.72. The third-order valence-electron chi connectivity index (χ3n) is 5.97. The van der Waals surface area contributed by atoms with E-state index in [0.717, 1.165) is 17.7 Å². The molecule has 0 spiro atoms. The molecule has 2 aromatic carbocycles. The van der Waals surface area contributed by atoms with Gasteiger partial charge in [0.1, 0.15) is 0 Å². The zero-order valence-electron chi connectivity index (χ0n) is 21.3. The van der Waals surface area contributed by atoms with Gasteiger partial charge in [-0.1, -0.05) is 53.7 Å². The highest BCUT2D eigenvalue weighted by Gasteiger charge is 2.33. The number of halogens is 3. The normalized spacial score (nSPS) is 12.6. The fourth-order valence-electron chi connectivity index (χ4n) is 4.01. The van der Waals surface area contributed by atoms with Crippen molar-refractivity contribution in [1.82, 2.24) is 0 Å². The molecule has 0 aliphatic rings. The SMILES string of the molecule is CCN(CC)c1cc(NS(=O)(=O)c2c(C(C)C)cc(C(C)C)cc2C(C)C)cc(C(F)(F)F)c1. The number of anilines is 2. The van der Waals surface area contributed by atoms with E-state index in [1.807, 2.05) is 67.5 Å². The molecule has 0 heterocycles. The fourth-order valence-corrected chi connectivity index (χ4v) is 5.75. The lowest BCUT2D eigenvalue weighted by molar-refractivity contribution is -0.137. The van der Waals surface area contributed by atoms with E-state index < -0.39 is 21.8 Å². The monoisotopic (exact) mass is 498 g/mol. The Bertz CT molecular complexity index is 1070. The van der Waals surface area contributed by atoms with Crippen molar-refractivity contribution in [2.45, 2.75) is 84.2 Å². The van der Waals surface area contributed by atoms with Crippen LogP contribution in [-0.4, -0.2) is 21.5 Å². The summed E-state index contributed by atoms with van der Waals surface area (Å²) in [5.74, 6) is 0.0332. The largest absolute Gasteiger partial charge is 0.416 e. The third kappa shape index (κ3) is 6.26. The Balaban J connectivity index is 2.74. The van der Waals surface area contributed by atoms with Gasteiger partial charge in [0.05, 0.1) is 16.1 Å². The maximum atomic E-state index is 13.7. The zero-order chi connectivity index (χ0) is 26.0. The van der Waals surface area contributed by atoms with Gasteiger partial charge in [0.2, 0.25) is 0 Å². The molecule has 8 heteroatoms. The summed E-state index contributed by atoms with van der Waals surface area (Å²) in [7, 11) is -4.16. The van der Waals surface area contributed by atoms with Crippen molar-refractivity contribution in [1.29, 1.82) is 0 Å². The first-order valence-corrected chi connectivity index (χ1v) is 13.3. The Kier molecular flexibility index (Phi) is 8.72. The van der Waals surface area contributed by atoms with Crippen molar-refractivity contribution >= 4 is 21.4 Å². The summed E-state index contributed by atoms with van der Waals surface area (Å²) in [6, 6.07) is 7.19. The lowest BCUT2D eigenvalue weighted by atomic mass is 9.89. The summed E-state index contributed by atoms with van der Waals surface area (Å²) < 4.78 is 70.8. The van der Waals surface area contributed by atoms with Crippen molar-refractivity contribution in [2.24, 2.45) is 0 Å². The van der Waals surface area contributed by atoms with Gasteiger partial charge in [-0.15, -0.1) is 0 Å². The third-order valence-corrected chi connectivity index (χ3v) is 7.49. The second kappa shape index (κ2) is 10.6. The van der Waals surface area contributed by atoms with Crippen LogP contribution in [0.1, 0.15) is 95.4 Å². The van der Waals surface area contributed by atoms with E-state index in [1.54, 1.807) is 4.90 Å². The highest BCUT2D eigenvalue weighted by atomic mass is 32.2. The van der Waals surface area contributed by atoms with Crippen molar-refractivity contribution in [3.8, 4) is 0 Å². The van der Waals surface area contributed by atoms with Crippen LogP contribution in [0.25, 0.3) is 0 Å². The molecule has 0 bridgehead atoms. The van der Waals surface area contributed by atoms with E-state index in [-0.39, 0.29) is 28.3 Å². The van der Waals surface area contributed by atoms with Crippen LogP contribution in [-0.2, 0) is 16.2 Å². The number of nitrogens with one attached hydrogen (secondary N) is 1. The summed E-state index contributed by atoms with van der Waals surface area (Å²) in [6.45, 7) is 16.5. The van der Waals surface area contributed by atoms with Crippen LogP contribution in [0.5, 0.6) is 0 Å². The molecule has 34 heavy (non-hydrogen) atoms. The fraction of sp³-hybridized carbons (Fsp3) is 0.538. The molecule has 0 saturated heterocycles. The molecule has 0 saturated carbocycles. The Labute approximate surface area is 202 Å². The van der Waals surface area contributed by atoms with Gasteiger partial charge >= 0.3 is 6.18 Å². The maximum absolute atomic E-state index is 13.7. The lowest BCUT2D eigenvalue weighted by Crippen LogP contribution is -2.23. The Morgan fingerprint density at radius 3 is 1.71 bits per heavy atom. The number of sulfonamides is 1. The van der Waals surface area contributed by atoms with Crippen LogP contribution in [0.15, 0.2) is 35.2 Å². The number of alkyl halides is 3. The molecule has 0 aliphatic heterocycles. The molecule has 0 amide bonds. The van der Waals surface area contributed by atoms with Gasteiger partial charge in [-0.2, -0.15) is 13.2 Å². The van der Waals surface area contributed by atoms with E-state index in [0.29, 0.717) is 29.9 Å². The van der Waals surface area contributed by atoms with Crippen molar-refractivity contribution in [3.63, 3.8) is 0 Å². The molecule has 2 aromatic rings. The second-order valence-electron chi connectivity index (χ2n) is 9.54. The number of hydrogen-bond donors (Lipinski definition) is 1. The van der Waals surface area contributed by atoms with E-state index in [4.69, 9.17) is 0 Å². The van der Waals surface area contributed by atoms with E-state index in [1.165, 1.54) is 6.07 Å². The molecule has 2 rings (SSSR count). The smallest absolute Gasteiger partial charge is 0.372 e. The minimum atomic E-state index is -4.60. The zero-order valence-corrected chi connectivity index (χ0v) is 22.2. The Hall–Kier alpha value is -2.22. The quantitative estimate of drug-likeness (QED) is 0.385. The number of hydrogen-bond acceptors (Lipinski definition) is 3. The molecule has 190 valence electrons. The molecule has 0 radical (unpaired) electrons. The predicted molar refractivity (Wildman–Crippen MR) is 135 cm³/mol. The van der Waals surface area contributed by atoms with Gasteiger partial charge in [0.15, 0.2) is 0 Å². The summed E-state index contributed by atoms with van der Waals surface area (Å²) in [5, 5.41) is 0. The van der Waals surface area contributed by atoms with E-state index >= 15 is 0 Å². The molecule has 0 atom stereocenters. The Morgan fingerprint density at radius 1 is 0.824 bits per heavy atom. The van der Waals surface area contributed by atoms with Crippen LogP contribution in [0, 0.1) is 0 Å². The Morgan fingerprint density at radius 2 is 1.32 bits per heavy atom. The number of rotatable bonds is 9. The standard InChI is InChI=1S/C26H37F3N2O2S/c1-9-31(10-2)22-14-20(26(27,28)29)13-21(15-22)30-34(32,33)25-23(17(5)6)11-19(16(3)4)12-24(25)18(7)8/h11-18,30H,9-10H2,1-8H3. The average molecular weight is 499 g/mol. The molecule has 0 unspecified atom stereocenters. The van der Waals surface area contributed by atoms with Gasteiger partial charge < -0.3 is 4.90 Å². The highest BCUT2D eigenvalue weighted by Crippen LogP contribution is 2.38.